The molecule has 92 valence electrons. The number of hydrogen-bond donors (Lipinski definition) is 0. The summed E-state index contributed by atoms with van der Waals surface area (Å²) in [7, 11) is 0. The SMILES string of the molecule is CC(=O)OC1CCCC(C(=O)OC(C)C)C1. The van der Waals surface area contributed by atoms with E-state index >= 15 is 0 Å². The summed E-state index contributed by atoms with van der Waals surface area (Å²) in [4.78, 5) is 22.5. The summed E-state index contributed by atoms with van der Waals surface area (Å²) in [6.07, 6.45) is 3.01. The predicted octanol–water partition coefficient (Wildman–Crippen LogP) is 2.06. The van der Waals surface area contributed by atoms with Crippen LogP contribution in [0.25, 0.3) is 0 Å². The lowest BCUT2D eigenvalue weighted by Crippen LogP contribution is -2.31. The fourth-order valence-corrected chi connectivity index (χ4v) is 2.03. The summed E-state index contributed by atoms with van der Waals surface area (Å²) >= 11 is 0. The highest BCUT2D eigenvalue weighted by Crippen LogP contribution is 2.27. The van der Waals surface area contributed by atoms with Gasteiger partial charge in [-0.05, 0) is 39.5 Å². The van der Waals surface area contributed by atoms with Crippen molar-refractivity contribution in [3.8, 4) is 0 Å². The third kappa shape index (κ3) is 4.21. The minimum Gasteiger partial charge on any atom is -0.463 e. The van der Waals surface area contributed by atoms with Crippen LogP contribution in [0.15, 0.2) is 0 Å². The van der Waals surface area contributed by atoms with Crippen LogP contribution in [0.5, 0.6) is 0 Å². The van der Waals surface area contributed by atoms with Gasteiger partial charge in [0.15, 0.2) is 0 Å². The van der Waals surface area contributed by atoms with Gasteiger partial charge in [-0.1, -0.05) is 0 Å². The van der Waals surface area contributed by atoms with Crippen LogP contribution in [0.1, 0.15) is 46.5 Å². The van der Waals surface area contributed by atoms with Gasteiger partial charge in [-0.25, -0.2) is 0 Å². The first-order valence-corrected chi connectivity index (χ1v) is 5.86. The van der Waals surface area contributed by atoms with Crippen LogP contribution < -0.4 is 0 Å². The van der Waals surface area contributed by atoms with Gasteiger partial charge < -0.3 is 9.47 Å². The van der Waals surface area contributed by atoms with Crippen molar-refractivity contribution < 1.29 is 19.1 Å². The first-order chi connectivity index (χ1) is 7.49. The number of hydrogen-bond acceptors (Lipinski definition) is 4. The lowest BCUT2D eigenvalue weighted by Gasteiger charge is -2.27. The highest BCUT2D eigenvalue weighted by Gasteiger charge is 2.30. The van der Waals surface area contributed by atoms with Crippen molar-refractivity contribution in [2.75, 3.05) is 0 Å². The van der Waals surface area contributed by atoms with Gasteiger partial charge in [-0.2, -0.15) is 0 Å². The number of ether oxygens (including phenoxy) is 2. The van der Waals surface area contributed by atoms with Crippen molar-refractivity contribution in [1.82, 2.24) is 0 Å². The zero-order valence-electron chi connectivity index (χ0n) is 10.2. The largest absolute Gasteiger partial charge is 0.463 e. The monoisotopic (exact) mass is 228 g/mol. The Labute approximate surface area is 96.3 Å². The molecule has 0 aromatic rings. The minimum absolute atomic E-state index is 0.0819. The second kappa shape index (κ2) is 5.87. The Hall–Kier alpha value is -1.06. The van der Waals surface area contributed by atoms with E-state index in [1.54, 1.807) is 0 Å². The van der Waals surface area contributed by atoms with Crippen LogP contribution in [0.3, 0.4) is 0 Å². The molecule has 0 spiro atoms. The molecule has 0 amide bonds. The molecule has 1 rings (SSSR count). The fraction of sp³-hybridized carbons (Fsp3) is 0.833. The second-order valence-electron chi connectivity index (χ2n) is 4.58. The summed E-state index contributed by atoms with van der Waals surface area (Å²) in [6, 6.07) is 0. The fourth-order valence-electron chi connectivity index (χ4n) is 2.03. The molecule has 1 fully saturated rings. The molecule has 0 aromatic heterocycles. The quantitative estimate of drug-likeness (QED) is 0.694. The van der Waals surface area contributed by atoms with E-state index in [2.05, 4.69) is 0 Å². The average molecular weight is 228 g/mol. The molecular formula is C12H20O4. The van der Waals surface area contributed by atoms with Gasteiger partial charge >= 0.3 is 11.9 Å². The highest BCUT2D eigenvalue weighted by atomic mass is 16.5. The topological polar surface area (TPSA) is 52.6 Å². The van der Waals surface area contributed by atoms with Gasteiger partial charge in [0.25, 0.3) is 0 Å². The second-order valence-corrected chi connectivity index (χ2v) is 4.58. The van der Waals surface area contributed by atoms with E-state index in [0.29, 0.717) is 6.42 Å². The maximum atomic E-state index is 11.7. The smallest absolute Gasteiger partial charge is 0.309 e. The summed E-state index contributed by atoms with van der Waals surface area (Å²) in [6.45, 7) is 5.07. The maximum Gasteiger partial charge on any atom is 0.309 e. The van der Waals surface area contributed by atoms with Gasteiger partial charge in [0.05, 0.1) is 12.0 Å². The standard InChI is InChI=1S/C12H20O4/c1-8(2)15-12(14)10-5-4-6-11(7-10)16-9(3)13/h8,10-11H,4-7H2,1-3H3. The van der Waals surface area contributed by atoms with Crippen LogP contribution in [-0.2, 0) is 19.1 Å². The number of carbonyl (C=O) groups excluding carboxylic acids is 2. The van der Waals surface area contributed by atoms with E-state index < -0.39 is 0 Å². The van der Waals surface area contributed by atoms with Gasteiger partial charge in [0.2, 0.25) is 0 Å². The number of rotatable bonds is 3. The van der Waals surface area contributed by atoms with Crippen molar-refractivity contribution in [2.24, 2.45) is 5.92 Å². The van der Waals surface area contributed by atoms with Crippen LogP contribution in [0.2, 0.25) is 0 Å². The Morgan fingerprint density at radius 1 is 1.25 bits per heavy atom. The van der Waals surface area contributed by atoms with Gasteiger partial charge in [0, 0.05) is 6.92 Å². The summed E-state index contributed by atoms with van der Waals surface area (Å²) < 4.78 is 10.3. The Morgan fingerprint density at radius 3 is 2.50 bits per heavy atom. The molecule has 0 heterocycles. The zero-order valence-corrected chi connectivity index (χ0v) is 10.2. The predicted molar refractivity (Wildman–Crippen MR) is 58.7 cm³/mol. The van der Waals surface area contributed by atoms with E-state index in [1.165, 1.54) is 6.92 Å². The van der Waals surface area contributed by atoms with Crippen LogP contribution in [-0.4, -0.2) is 24.1 Å². The summed E-state index contributed by atoms with van der Waals surface area (Å²) in [5, 5.41) is 0. The lowest BCUT2D eigenvalue weighted by atomic mass is 9.87. The molecule has 0 N–H and O–H groups in total. The van der Waals surface area contributed by atoms with Crippen molar-refractivity contribution in [2.45, 2.75) is 58.7 Å². The molecule has 0 saturated heterocycles. The van der Waals surface area contributed by atoms with E-state index in [-0.39, 0.29) is 30.1 Å². The molecule has 0 bridgehead atoms. The van der Waals surface area contributed by atoms with E-state index in [4.69, 9.17) is 9.47 Å². The van der Waals surface area contributed by atoms with Crippen molar-refractivity contribution >= 4 is 11.9 Å². The molecule has 0 aliphatic heterocycles. The molecule has 4 nitrogen and oxygen atoms in total. The van der Waals surface area contributed by atoms with Crippen molar-refractivity contribution in [3.05, 3.63) is 0 Å². The Bertz CT molecular complexity index is 260. The molecule has 2 unspecified atom stereocenters. The molecule has 16 heavy (non-hydrogen) atoms. The number of esters is 2. The first-order valence-electron chi connectivity index (χ1n) is 5.86. The Balaban J connectivity index is 2.43. The Morgan fingerprint density at radius 2 is 1.94 bits per heavy atom. The molecule has 1 aliphatic carbocycles. The first kappa shape index (κ1) is 13.0. The third-order valence-electron chi connectivity index (χ3n) is 2.64. The highest BCUT2D eigenvalue weighted by molar-refractivity contribution is 5.73. The molecule has 0 radical (unpaired) electrons. The molecule has 1 saturated carbocycles. The molecule has 4 heteroatoms. The molecule has 1 aliphatic rings. The Kier molecular flexibility index (Phi) is 4.77. The van der Waals surface area contributed by atoms with Gasteiger partial charge in [-0.15, -0.1) is 0 Å². The maximum absolute atomic E-state index is 11.7. The molecule has 0 aromatic carbocycles. The zero-order chi connectivity index (χ0) is 12.1. The van der Waals surface area contributed by atoms with E-state index in [9.17, 15) is 9.59 Å². The van der Waals surface area contributed by atoms with Crippen molar-refractivity contribution in [3.63, 3.8) is 0 Å². The summed E-state index contributed by atoms with van der Waals surface area (Å²) in [5.41, 5.74) is 0. The average Bonchev–Trinajstić information content (AvgIpc) is 2.16. The van der Waals surface area contributed by atoms with Gasteiger partial charge in [0.1, 0.15) is 6.10 Å². The van der Waals surface area contributed by atoms with Gasteiger partial charge in [-0.3, -0.25) is 9.59 Å². The van der Waals surface area contributed by atoms with E-state index in [0.717, 1.165) is 19.3 Å². The minimum atomic E-state index is -0.275. The van der Waals surface area contributed by atoms with E-state index in [1.807, 2.05) is 13.8 Å². The van der Waals surface area contributed by atoms with Crippen LogP contribution in [0, 0.1) is 5.92 Å². The molecular weight excluding hydrogens is 208 g/mol. The van der Waals surface area contributed by atoms with Crippen molar-refractivity contribution in [1.29, 1.82) is 0 Å². The summed E-state index contributed by atoms with van der Waals surface area (Å²) in [5.74, 6) is -0.546. The number of carbonyl (C=O) groups is 2. The normalized spacial score (nSPS) is 25.2. The third-order valence-corrected chi connectivity index (χ3v) is 2.64. The lowest BCUT2D eigenvalue weighted by molar-refractivity contribution is -0.159. The van der Waals surface area contributed by atoms with Crippen LogP contribution in [0.4, 0.5) is 0 Å². The molecule has 2 atom stereocenters. The van der Waals surface area contributed by atoms with Crippen LogP contribution >= 0.6 is 0 Å².